The number of anilines is 1. The Labute approximate surface area is 168 Å². The fraction of sp³-hybridized carbons (Fsp3) is 0.667. The van der Waals surface area contributed by atoms with Gasteiger partial charge in [-0.3, -0.25) is 4.79 Å². The Kier molecular flexibility index (Phi) is 14.2. The molecular formula is C21H35NO6. The average Bonchev–Trinajstić information content (AvgIpc) is 2.68. The zero-order valence-corrected chi connectivity index (χ0v) is 17.4. The lowest BCUT2D eigenvalue weighted by molar-refractivity contribution is -0.123. The van der Waals surface area contributed by atoms with Gasteiger partial charge < -0.3 is 29.0 Å². The Balaban J connectivity index is 1.85. The van der Waals surface area contributed by atoms with Crippen LogP contribution in [0.3, 0.4) is 0 Å². The van der Waals surface area contributed by atoms with Crippen molar-refractivity contribution in [2.75, 3.05) is 64.8 Å². The van der Waals surface area contributed by atoms with Crippen molar-refractivity contribution < 1.29 is 28.5 Å². The molecule has 1 aromatic rings. The van der Waals surface area contributed by atoms with E-state index in [0.717, 1.165) is 11.4 Å². The van der Waals surface area contributed by atoms with Gasteiger partial charge in [-0.25, -0.2) is 0 Å². The second kappa shape index (κ2) is 16.3. The number of Topliss-reactive ketones (excluding diaryl/α,β-unsaturated/α-hetero) is 1. The second-order valence-electron chi connectivity index (χ2n) is 6.45. The minimum absolute atomic E-state index is 0.102. The number of benzene rings is 1. The standard InChI is InChI=1S/C21H35NO6/c1-4-20(23)17-27-14-13-25-10-9-24-11-12-26-15-16-28-21-7-5-19(6-8-21)22-18(2)3/h5-8,18,22H,4,9-17H2,1-3H3. The third-order valence-electron chi connectivity index (χ3n) is 3.58. The van der Waals surface area contributed by atoms with Crippen LogP contribution in [0.4, 0.5) is 5.69 Å². The quantitative estimate of drug-likeness (QED) is 0.382. The van der Waals surface area contributed by atoms with E-state index >= 15 is 0 Å². The maximum atomic E-state index is 11.0. The number of carbonyl (C=O) groups is 1. The van der Waals surface area contributed by atoms with Gasteiger partial charge in [0.05, 0.1) is 46.2 Å². The molecule has 1 N–H and O–H groups in total. The molecule has 28 heavy (non-hydrogen) atoms. The molecule has 0 aliphatic carbocycles. The molecule has 1 rings (SSSR count). The van der Waals surface area contributed by atoms with Gasteiger partial charge in [-0.1, -0.05) is 6.92 Å². The van der Waals surface area contributed by atoms with Crippen molar-refractivity contribution in [1.29, 1.82) is 0 Å². The molecule has 0 fully saturated rings. The van der Waals surface area contributed by atoms with Crippen LogP contribution in [0.15, 0.2) is 24.3 Å². The molecule has 0 spiro atoms. The minimum Gasteiger partial charge on any atom is -0.491 e. The topological polar surface area (TPSA) is 75.3 Å². The van der Waals surface area contributed by atoms with E-state index in [9.17, 15) is 4.79 Å². The van der Waals surface area contributed by atoms with Crippen LogP contribution in [-0.2, 0) is 23.7 Å². The first-order valence-corrected chi connectivity index (χ1v) is 9.94. The summed E-state index contributed by atoms with van der Waals surface area (Å²) in [7, 11) is 0. The second-order valence-corrected chi connectivity index (χ2v) is 6.45. The summed E-state index contributed by atoms with van der Waals surface area (Å²) in [6, 6.07) is 8.30. The first-order chi connectivity index (χ1) is 13.6. The third-order valence-corrected chi connectivity index (χ3v) is 3.58. The number of ether oxygens (including phenoxy) is 5. The molecule has 0 heterocycles. The summed E-state index contributed by atoms with van der Waals surface area (Å²) in [4.78, 5) is 11.0. The van der Waals surface area contributed by atoms with E-state index in [-0.39, 0.29) is 12.4 Å². The van der Waals surface area contributed by atoms with Gasteiger partial charge in [0.1, 0.15) is 19.0 Å². The van der Waals surface area contributed by atoms with Crippen LogP contribution in [0.2, 0.25) is 0 Å². The van der Waals surface area contributed by atoms with Gasteiger partial charge in [-0.05, 0) is 38.1 Å². The molecular weight excluding hydrogens is 362 g/mol. The highest BCUT2D eigenvalue weighted by atomic mass is 16.6. The lowest BCUT2D eigenvalue weighted by Gasteiger charge is -2.11. The predicted molar refractivity (Wildman–Crippen MR) is 109 cm³/mol. The van der Waals surface area contributed by atoms with Gasteiger partial charge in [-0.2, -0.15) is 0 Å². The number of rotatable bonds is 18. The number of hydrogen-bond acceptors (Lipinski definition) is 7. The fourth-order valence-electron chi connectivity index (χ4n) is 2.15. The molecule has 0 aliphatic rings. The van der Waals surface area contributed by atoms with Gasteiger partial charge in [0.25, 0.3) is 0 Å². The Morgan fingerprint density at radius 1 is 0.821 bits per heavy atom. The van der Waals surface area contributed by atoms with E-state index < -0.39 is 0 Å². The monoisotopic (exact) mass is 397 g/mol. The van der Waals surface area contributed by atoms with Crippen LogP contribution in [0.1, 0.15) is 27.2 Å². The Hall–Kier alpha value is -1.67. The molecule has 0 aliphatic heterocycles. The van der Waals surface area contributed by atoms with Gasteiger partial charge in [0.2, 0.25) is 0 Å². The number of nitrogens with one attached hydrogen (secondary N) is 1. The number of hydrogen-bond donors (Lipinski definition) is 1. The number of carbonyl (C=O) groups excluding carboxylic acids is 1. The normalized spacial score (nSPS) is 11.0. The van der Waals surface area contributed by atoms with Crippen LogP contribution in [0.25, 0.3) is 0 Å². The Morgan fingerprint density at radius 2 is 1.32 bits per heavy atom. The van der Waals surface area contributed by atoms with Crippen molar-refractivity contribution in [3.63, 3.8) is 0 Å². The minimum atomic E-state index is 0.102. The first kappa shape index (κ1) is 24.4. The van der Waals surface area contributed by atoms with Crippen molar-refractivity contribution in [2.24, 2.45) is 0 Å². The highest BCUT2D eigenvalue weighted by Crippen LogP contribution is 2.16. The van der Waals surface area contributed by atoms with E-state index in [1.807, 2.05) is 31.2 Å². The maximum Gasteiger partial charge on any atom is 0.158 e. The molecule has 0 saturated heterocycles. The van der Waals surface area contributed by atoms with E-state index in [2.05, 4.69) is 19.2 Å². The van der Waals surface area contributed by atoms with Crippen molar-refractivity contribution in [1.82, 2.24) is 0 Å². The van der Waals surface area contributed by atoms with Crippen LogP contribution in [-0.4, -0.2) is 71.3 Å². The molecule has 160 valence electrons. The van der Waals surface area contributed by atoms with Gasteiger partial charge in [-0.15, -0.1) is 0 Å². The predicted octanol–water partition coefficient (Wildman–Crippen LogP) is 2.93. The summed E-state index contributed by atoms with van der Waals surface area (Å²) in [5.41, 5.74) is 1.08. The summed E-state index contributed by atoms with van der Waals surface area (Å²) in [6.45, 7) is 10.1. The largest absolute Gasteiger partial charge is 0.491 e. The molecule has 0 saturated carbocycles. The molecule has 0 radical (unpaired) electrons. The molecule has 0 atom stereocenters. The molecule has 1 aromatic carbocycles. The van der Waals surface area contributed by atoms with E-state index in [4.69, 9.17) is 23.7 Å². The fourth-order valence-corrected chi connectivity index (χ4v) is 2.15. The SMILES string of the molecule is CCC(=O)COCCOCCOCCOCCOc1ccc(NC(C)C)cc1. The smallest absolute Gasteiger partial charge is 0.158 e. The lowest BCUT2D eigenvalue weighted by Crippen LogP contribution is -2.15. The van der Waals surface area contributed by atoms with Gasteiger partial charge in [0, 0.05) is 18.2 Å². The highest BCUT2D eigenvalue weighted by molar-refractivity contribution is 5.79. The highest BCUT2D eigenvalue weighted by Gasteiger charge is 1.99. The Morgan fingerprint density at radius 3 is 1.82 bits per heavy atom. The van der Waals surface area contributed by atoms with E-state index in [1.165, 1.54) is 0 Å². The molecule has 7 heteroatoms. The van der Waals surface area contributed by atoms with Crippen LogP contribution >= 0.6 is 0 Å². The van der Waals surface area contributed by atoms with Crippen LogP contribution in [0.5, 0.6) is 5.75 Å². The molecule has 0 aromatic heterocycles. The van der Waals surface area contributed by atoms with E-state index in [1.54, 1.807) is 0 Å². The average molecular weight is 398 g/mol. The summed E-state index contributed by atoms with van der Waals surface area (Å²) >= 11 is 0. The zero-order valence-electron chi connectivity index (χ0n) is 17.4. The molecule has 0 amide bonds. The summed E-state index contributed by atoms with van der Waals surface area (Å²) < 4.78 is 27.0. The first-order valence-electron chi connectivity index (χ1n) is 9.94. The van der Waals surface area contributed by atoms with Gasteiger partial charge in [0.15, 0.2) is 5.78 Å². The summed E-state index contributed by atoms with van der Waals surface area (Å²) in [6.07, 6.45) is 0.506. The number of ketones is 1. The Bertz CT molecular complexity index is 506. The van der Waals surface area contributed by atoms with Crippen molar-refractivity contribution in [3.8, 4) is 5.75 Å². The van der Waals surface area contributed by atoms with Crippen molar-refractivity contribution >= 4 is 11.5 Å². The maximum absolute atomic E-state index is 11.0. The van der Waals surface area contributed by atoms with Gasteiger partial charge >= 0.3 is 0 Å². The van der Waals surface area contributed by atoms with Crippen molar-refractivity contribution in [2.45, 2.75) is 33.2 Å². The molecule has 0 bridgehead atoms. The summed E-state index contributed by atoms with van der Waals surface area (Å²) in [5, 5.41) is 3.33. The summed E-state index contributed by atoms with van der Waals surface area (Å²) in [5.74, 6) is 0.930. The van der Waals surface area contributed by atoms with Crippen LogP contribution < -0.4 is 10.1 Å². The zero-order chi connectivity index (χ0) is 20.5. The van der Waals surface area contributed by atoms with Crippen LogP contribution in [0, 0.1) is 0 Å². The third kappa shape index (κ3) is 13.5. The molecule has 7 nitrogen and oxygen atoms in total. The van der Waals surface area contributed by atoms with E-state index in [0.29, 0.717) is 65.3 Å². The van der Waals surface area contributed by atoms with Crippen molar-refractivity contribution in [3.05, 3.63) is 24.3 Å². The lowest BCUT2D eigenvalue weighted by atomic mass is 10.3. The molecule has 0 unspecified atom stereocenters.